The average molecular weight is 327 g/mol. The van der Waals surface area contributed by atoms with Gasteiger partial charge < -0.3 is 9.47 Å². The van der Waals surface area contributed by atoms with Crippen LogP contribution in [0.25, 0.3) is 0 Å². The number of hydrogen-bond acceptors (Lipinski definition) is 3. The van der Waals surface area contributed by atoms with Crippen LogP contribution in [0.1, 0.15) is 27.2 Å². The molecule has 1 aliphatic rings. The highest BCUT2D eigenvalue weighted by Gasteiger charge is 2.21. The first-order valence-electron chi connectivity index (χ1n) is 5.71. The molecule has 1 fully saturated rings. The standard InChI is InChI=1S/C11H22INO2/c1-9-7-13(8-10(2)15-9)5-4-6-14-11(3)12/h9-11H,4-8H2,1-3H3. The van der Waals surface area contributed by atoms with Crippen LogP contribution in [0.4, 0.5) is 0 Å². The maximum atomic E-state index is 5.69. The lowest BCUT2D eigenvalue weighted by atomic mass is 10.2. The lowest BCUT2D eigenvalue weighted by Gasteiger charge is -2.35. The van der Waals surface area contributed by atoms with E-state index in [4.69, 9.17) is 9.47 Å². The van der Waals surface area contributed by atoms with Crippen LogP contribution < -0.4 is 0 Å². The van der Waals surface area contributed by atoms with Gasteiger partial charge >= 0.3 is 0 Å². The molecule has 1 rings (SSSR count). The molecule has 90 valence electrons. The van der Waals surface area contributed by atoms with Gasteiger partial charge in [-0.15, -0.1) is 0 Å². The van der Waals surface area contributed by atoms with Gasteiger partial charge in [0.2, 0.25) is 0 Å². The molecule has 0 aliphatic carbocycles. The summed E-state index contributed by atoms with van der Waals surface area (Å²) in [6.07, 6.45) is 1.86. The van der Waals surface area contributed by atoms with Crippen molar-refractivity contribution in [3.05, 3.63) is 0 Å². The van der Waals surface area contributed by atoms with Gasteiger partial charge in [-0.1, -0.05) is 22.6 Å². The fourth-order valence-corrected chi connectivity index (χ4v) is 2.26. The predicted molar refractivity (Wildman–Crippen MR) is 70.5 cm³/mol. The van der Waals surface area contributed by atoms with Gasteiger partial charge in [0.05, 0.1) is 12.2 Å². The minimum Gasteiger partial charge on any atom is -0.373 e. The summed E-state index contributed by atoms with van der Waals surface area (Å²) in [6.45, 7) is 10.5. The van der Waals surface area contributed by atoms with Gasteiger partial charge in [-0.2, -0.15) is 0 Å². The number of alkyl halides is 1. The number of nitrogens with zero attached hydrogens (tertiary/aromatic N) is 1. The van der Waals surface area contributed by atoms with Gasteiger partial charge in [-0.05, 0) is 27.2 Å². The van der Waals surface area contributed by atoms with Gasteiger partial charge in [0.1, 0.15) is 4.11 Å². The Morgan fingerprint density at radius 2 is 2.00 bits per heavy atom. The topological polar surface area (TPSA) is 21.7 Å². The lowest BCUT2D eigenvalue weighted by molar-refractivity contribution is -0.0693. The minimum atomic E-state index is 0.324. The van der Waals surface area contributed by atoms with Gasteiger partial charge in [0.15, 0.2) is 0 Å². The lowest BCUT2D eigenvalue weighted by Crippen LogP contribution is -2.45. The second-order valence-corrected chi connectivity index (χ2v) is 6.04. The summed E-state index contributed by atoms with van der Waals surface area (Å²) in [4.78, 5) is 2.47. The molecule has 0 saturated carbocycles. The molecule has 0 radical (unpaired) electrons. The summed E-state index contributed by atoms with van der Waals surface area (Å²) in [7, 11) is 0. The third-order valence-corrected chi connectivity index (χ3v) is 2.82. The molecule has 3 nitrogen and oxygen atoms in total. The molecule has 0 aromatic heterocycles. The predicted octanol–water partition coefficient (Wildman–Crippen LogP) is 2.28. The van der Waals surface area contributed by atoms with Crippen LogP contribution in [0.5, 0.6) is 0 Å². The van der Waals surface area contributed by atoms with E-state index in [1.807, 2.05) is 0 Å². The van der Waals surface area contributed by atoms with Crippen LogP contribution in [0.2, 0.25) is 0 Å². The number of halogens is 1. The molecule has 0 N–H and O–H groups in total. The van der Waals surface area contributed by atoms with E-state index in [0.717, 1.165) is 32.7 Å². The van der Waals surface area contributed by atoms with E-state index >= 15 is 0 Å². The van der Waals surface area contributed by atoms with Crippen LogP contribution in [-0.2, 0) is 9.47 Å². The average Bonchev–Trinajstić information content (AvgIpc) is 2.10. The van der Waals surface area contributed by atoms with Crippen molar-refractivity contribution in [2.75, 3.05) is 26.2 Å². The molecule has 1 saturated heterocycles. The maximum absolute atomic E-state index is 5.69. The second kappa shape index (κ2) is 7.04. The Kier molecular flexibility index (Phi) is 6.42. The van der Waals surface area contributed by atoms with E-state index in [2.05, 4.69) is 48.3 Å². The second-order valence-electron chi connectivity index (χ2n) is 4.28. The first kappa shape index (κ1) is 13.7. The summed E-state index contributed by atoms with van der Waals surface area (Å²) < 4.78 is 11.5. The zero-order valence-electron chi connectivity index (χ0n) is 9.91. The molecular weight excluding hydrogens is 305 g/mol. The molecule has 15 heavy (non-hydrogen) atoms. The zero-order valence-corrected chi connectivity index (χ0v) is 12.1. The molecule has 0 aromatic carbocycles. The Balaban J connectivity index is 2.10. The summed E-state index contributed by atoms with van der Waals surface area (Å²) in [5.74, 6) is 0. The van der Waals surface area contributed by atoms with Crippen molar-refractivity contribution >= 4 is 22.6 Å². The number of rotatable bonds is 5. The Hall–Kier alpha value is 0.610. The van der Waals surface area contributed by atoms with Crippen molar-refractivity contribution in [3.63, 3.8) is 0 Å². The van der Waals surface area contributed by atoms with Gasteiger partial charge in [-0.3, -0.25) is 4.90 Å². The first-order valence-corrected chi connectivity index (χ1v) is 6.96. The number of hydrogen-bond donors (Lipinski definition) is 0. The fourth-order valence-electron chi connectivity index (χ4n) is 2.00. The molecular formula is C11H22INO2. The van der Waals surface area contributed by atoms with Crippen molar-refractivity contribution in [1.29, 1.82) is 0 Å². The van der Waals surface area contributed by atoms with E-state index in [-0.39, 0.29) is 0 Å². The Morgan fingerprint density at radius 3 is 2.53 bits per heavy atom. The van der Waals surface area contributed by atoms with E-state index in [0.29, 0.717) is 16.3 Å². The van der Waals surface area contributed by atoms with Gasteiger partial charge in [-0.25, -0.2) is 0 Å². The Labute approximate surface area is 107 Å². The van der Waals surface area contributed by atoms with Crippen molar-refractivity contribution in [2.45, 2.75) is 43.5 Å². The van der Waals surface area contributed by atoms with Crippen LogP contribution >= 0.6 is 22.6 Å². The van der Waals surface area contributed by atoms with E-state index in [1.54, 1.807) is 0 Å². The molecule has 0 aromatic rings. The summed E-state index contributed by atoms with van der Waals surface area (Å²) >= 11 is 2.29. The molecule has 3 atom stereocenters. The van der Waals surface area contributed by atoms with Crippen LogP contribution in [0, 0.1) is 0 Å². The highest BCUT2D eigenvalue weighted by atomic mass is 127. The van der Waals surface area contributed by atoms with Crippen LogP contribution in [-0.4, -0.2) is 47.5 Å². The highest BCUT2D eigenvalue weighted by Crippen LogP contribution is 2.11. The normalized spacial score (nSPS) is 30.4. The van der Waals surface area contributed by atoms with Crippen LogP contribution in [0.15, 0.2) is 0 Å². The molecule has 1 heterocycles. The number of ether oxygens (including phenoxy) is 2. The van der Waals surface area contributed by atoms with Crippen molar-refractivity contribution in [3.8, 4) is 0 Å². The Morgan fingerprint density at radius 1 is 1.40 bits per heavy atom. The molecule has 0 bridgehead atoms. The summed E-state index contributed by atoms with van der Waals surface area (Å²) in [5.41, 5.74) is 0. The quantitative estimate of drug-likeness (QED) is 0.439. The third kappa shape index (κ3) is 6.04. The smallest absolute Gasteiger partial charge is 0.106 e. The summed E-state index contributed by atoms with van der Waals surface area (Å²) in [5, 5.41) is 0. The maximum Gasteiger partial charge on any atom is 0.106 e. The Bertz CT molecular complexity index is 168. The molecule has 4 heteroatoms. The van der Waals surface area contributed by atoms with E-state index < -0.39 is 0 Å². The van der Waals surface area contributed by atoms with Gasteiger partial charge in [0, 0.05) is 26.2 Å². The molecule has 3 unspecified atom stereocenters. The molecule has 0 amide bonds. The third-order valence-electron chi connectivity index (χ3n) is 2.46. The van der Waals surface area contributed by atoms with Crippen molar-refractivity contribution in [1.82, 2.24) is 4.90 Å². The first-order chi connectivity index (χ1) is 7.08. The van der Waals surface area contributed by atoms with E-state index in [1.165, 1.54) is 0 Å². The van der Waals surface area contributed by atoms with Crippen molar-refractivity contribution < 1.29 is 9.47 Å². The van der Waals surface area contributed by atoms with Crippen molar-refractivity contribution in [2.24, 2.45) is 0 Å². The van der Waals surface area contributed by atoms with Gasteiger partial charge in [0.25, 0.3) is 0 Å². The largest absolute Gasteiger partial charge is 0.373 e. The monoisotopic (exact) mass is 327 g/mol. The zero-order chi connectivity index (χ0) is 11.3. The van der Waals surface area contributed by atoms with E-state index in [9.17, 15) is 0 Å². The SMILES string of the molecule is CC(I)OCCCN1CC(C)OC(C)C1. The minimum absolute atomic E-state index is 0.324. The number of morpholine rings is 1. The highest BCUT2D eigenvalue weighted by molar-refractivity contribution is 14.1. The van der Waals surface area contributed by atoms with Crippen LogP contribution in [0.3, 0.4) is 0 Å². The molecule has 0 spiro atoms. The summed E-state index contributed by atoms with van der Waals surface area (Å²) in [6, 6.07) is 0. The molecule has 1 aliphatic heterocycles. The fraction of sp³-hybridized carbons (Fsp3) is 1.00.